The lowest BCUT2D eigenvalue weighted by Gasteiger charge is -2.26. The molecule has 0 aromatic heterocycles. The molecule has 0 aliphatic heterocycles. The fourth-order valence-corrected chi connectivity index (χ4v) is 2.38. The minimum absolute atomic E-state index is 0.619. The molecule has 0 aliphatic rings. The molecule has 1 heteroatoms. The predicted octanol–water partition coefficient (Wildman–Crippen LogP) is 5.22. The van der Waals surface area contributed by atoms with E-state index in [1.807, 2.05) is 0 Å². The summed E-state index contributed by atoms with van der Waals surface area (Å²) in [6.07, 6.45) is 4.91. The van der Waals surface area contributed by atoms with Crippen LogP contribution < -0.4 is 0 Å². The van der Waals surface area contributed by atoms with Crippen molar-refractivity contribution in [3.63, 3.8) is 0 Å². The van der Waals surface area contributed by atoms with Gasteiger partial charge in [-0.05, 0) is 37.5 Å². The molecule has 0 bridgehead atoms. The molecule has 15 heavy (non-hydrogen) atoms. The van der Waals surface area contributed by atoms with Crippen molar-refractivity contribution in [1.82, 2.24) is 0 Å². The van der Waals surface area contributed by atoms with Crippen molar-refractivity contribution in [2.45, 2.75) is 72.9 Å². The van der Waals surface area contributed by atoms with Gasteiger partial charge in [0.1, 0.15) is 0 Å². The van der Waals surface area contributed by atoms with E-state index in [9.17, 15) is 4.39 Å². The van der Waals surface area contributed by atoms with E-state index in [-0.39, 0.29) is 0 Å². The van der Waals surface area contributed by atoms with Gasteiger partial charge in [-0.3, -0.25) is 0 Å². The highest BCUT2D eigenvalue weighted by molar-refractivity contribution is 4.69. The van der Waals surface area contributed by atoms with Gasteiger partial charge in [0.05, 0.1) is 6.17 Å². The first-order chi connectivity index (χ1) is 6.99. The lowest BCUT2D eigenvalue weighted by molar-refractivity contribution is 0.235. The van der Waals surface area contributed by atoms with Crippen LogP contribution in [0.15, 0.2) is 0 Å². The quantitative estimate of drug-likeness (QED) is 0.488. The first-order valence-electron chi connectivity index (χ1n) is 6.63. The van der Waals surface area contributed by atoms with Crippen LogP contribution in [0, 0.1) is 17.8 Å². The second-order valence-electron chi connectivity index (χ2n) is 5.36. The molecule has 3 unspecified atom stereocenters. The Morgan fingerprint density at radius 3 is 1.87 bits per heavy atom. The van der Waals surface area contributed by atoms with Gasteiger partial charge >= 0.3 is 0 Å². The number of hydrogen-bond acceptors (Lipinski definition) is 0. The summed E-state index contributed by atoms with van der Waals surface area (Å²) in [6.45, 7) is 10.9. The first-order valence-corrected chi connectivity index (χ1v) is 6.63. The molecule has 92 valence electrons. The van der Waals surface area contributed by atoms with E-state index >= 15 is 0 Å². The first kappa shape index (κ1) is 14.9. The van der Waals surface area contributed by atoms with Gasteiger partial charge < -0.3 is 0 Å². The normalized spacial score (nSPS) is 17.8. The number of alkyl halides is 1. The van der Waals surface area contributed by atoms with Crippen LogP contribution in [-0.4, -0.2) is 6.17 Å². The minimum Gasteiger partial charge on any atom is -0.248 e. The second-order valence-corrected chi connectivity index (χ2v) is 5.36. The third-order valence-electron chi connectivity index (χ3n) is 3.62. The molecule has 0 heterocycles. The summed E-state index contributed by atoms with van der Waals surface area (Å²) in [6, 6.07) is 0. The van der Waals surface area contributed by atoms with Crippen LogP contribution >= 0.6 is 0 Å². The molecule has 0 nitrogen and oxygen atoms in total. The predicted molar refractivity (Wildman–Crippen MR) is 66.8 cm³/mol. The lowest BCUT2D eigenvalue weighted by Crippen LogP contribution is -2.17. The Morgan fingerprint density at radius 2 is 1.47 bits per heavy atom. The van der Waals surface area contributed by atoms with E-state index in [0.29, 0.717) is 0 Å². The van der Waals surface area contributed by atoms with Crippen molar-refractivity contribution in [2.75, 3.05) is 0 Å². The van der Waals surface area contributed by atoms with Crippen LogP contribution in [0.25, 0.3) is 0 Å². The van der Waals surface area contributed by atoms with E-state index in [1.165, 1.54) is 19.3 Å². The molecule has 0 amide bonds. The molecule has 0 fully saturated rings. The molecule has 0 radical (unpaired) electrons. The van der Waals surface area contributed by atoms with Gasteiger partial charge in [0.2, 0.25) is 0 Å². The number of rotatable bonds is 8. The Kier molecular flexibility index (Phi) is 8.09. The molecule has 0 aliphatic carbocycles. The maximum Gasteiger partial charge on any atom is 0.0973 e. The second kappa shape index (κ2) is 8.13. The van der Waals surface area contributed by atoms with Crippen molar-refractivity contribution < 1.29 is 4.39 Å². The van der Waals surface area contributed by atoms with Gasteiger partial charge in [0.25, 0.3) is 0 Å². The molecule has 3 atom stereocenters. The standard InChI is InChI=1S/C14H29F/c1-6-12(4)14(11(2)3)10-8-7-9-13(5)15/h11-14H,6-10H2,1-5H3. The summed E-state index contributed by atoms with van der Waals surface area (Å²) in [5.41, 5.74) is 0. The highest BCUT2D eigenvalue weighted by Crippen LogP contribution is 2.28. The van der Waals surface area contributed by atoms with Crippen molar-refractivity contribution in [1.29, 1.82) is 0 Å². The molecule has 0 rings (SSSR count). The van der Waals surface area contributed by atoms with E-state index in [0.717, 1.165) is 30.6 Å². The van der Waals surface area contributed by atoms with Crippen molar-refractivity contribution in [3.05, 3.63) is 0 Å². The Bertz CT molecular complexity index is 140. The lowest BCUT2D eigenvalue weighted by atomic mass is 9.79. The van der Waals surface area contributed by atoms with Gasteiger partial charge in [0, 0.05) is 0 Å². The average Bonchev–Trinajstić information content (AvgIpc) is 2.15. The molecule has 0 aromatic carbocycles. The Balaban J connectivity index is 3.77. The maximum atomic E-state index is 12.6. The van der Waals surface area contributed by atoms with Crippen LogP contribution in [0.3, 0.4) is 0 Å². The highest BCUT2D eigenvalue weighted by Gasteiger charge is 2.18. The average molecular weight is 216 g/mol. The van der Waals surface area contributed by atoms with Gasteiger partial charge in [-0.2, -0.15) is 0 Å². The van der Waals surface area contributed by atoms with Crippen LogP contribution in [0.5, 0.6) is 0 Å². The zero-order valence-electron chi connectivity index (χ0n) is 11.2. The van der Waals surface area contributed by atoms with E-state index in [1.54, 1.807) is 6.92 Å². The summed E-state index contributed by atoms with van der Waals surface area (Å²) in [7, 11) is 0. The van der Waals surface area contributed by atoms with Gasteiger partial charge in [-0.15, -0.1) is 0 Å². The molecule has 0 saturated heterocycles. The van der Waals surface area contributed by atoms with Crippen LogP contribution in [0.4, 0.5) is 4.39 Å². The van der Waals surface area contributed by atoms with Gasteiger partial charge in [0.15, 0.2) is 0 Å². The Hall–Kier alpha value is -0.0700. The minimum atomic E-state index is -0.619. The molecule has 0 saturated carbocycles. The largest absolute Gasteiger partial charge is 0.248 e. The van der Waals surface area contributed by atoms with E-state index in [4.69, 9.17) is 0 Å². The third-order valence-corrected chi connectivity index (χ3v) is 3.62. The van der Waals surface area contributed by atoms with Crippen LogP contribution in [0.2, 0.25) is 0 Å². The molecule has 0 aromatic rings. The van der Waals surface area contributed by atoms with Crippen LogP contribution in [-0.2, 0) is 0 Å². The van der Waals surface area contributed by atoms with Crippen molar-refractivity contribution in [2.24, 2.45) is 17.8 Å². The summed E-state index contributed by atoms with van der Waals surface area (Å²) in [4.78, 5) is 0. The van der Waals surface area contributed by atoms with Crippen LogP contribution in [0.1, 0.15) is 66.7 Å². The van der Waals surface area contributed by atoms with E-state index in [2.05, 4.69) is 27.7 Å². The molecule has 0 N–H and O–H groups in total. The monoisotopic (exact) mass is 216 g/mol. The Labute approximate surface area is 95.6 Å². The van der Waals surface area contributed by atoms with Crippen molar-refractivity contribution >= 4 is 0 Å². The van der Waals surface area contributed by atoms with E-state index < -0.39 is 6.17 Å². The SMILES string of the molecule is CCC(C)C(CCCCC(C)F)C(C)C. The number of halogens is 1. The zero-order valence-corrected chi connectivity index (χ0v) is 11.2. The summed E-state index contributed by atoms with van der Waals surface area (Å²) >= 11 is 0. The Morgan fingerprint density at radius 1 is 0.933 bits per heavy atom. The van der Waals surface area contributed by atoms with Gasteiger partial charge in [-0.1, -0.05) is 47.0 Å². The fourth-order valence-electron chi connectivity index (χ4n) is 2.38. The summed E-state index contributed by atoms with van der Waals surface area (Å²) < 4.78 is 12.6. The number of hydrogen-bond donors (Lipinski definition) is 0. The molecular weight excluding hydrogens is 187 g/mol. The smallest absolute Gasteiger partial charge is 0.0973 e. The van der Waals surface area contributed by atoms with Crippen molar-refractivity contribution in [3.8, 4) is 0 Å². The molecule has 0 spiro atoms. The zero-order chi connectivity index (χ0) is 11.8. The fraction of sp³-hybridized carbons (Fsp3) is 1.00. The highest BCUT2D eigenvalue weighted by atomic mass is 19.1. The summed E-state index contributed by atoms with van der Waals surface area (Å²) in [5.74, 6) is 2.40. The maximum absolute atomic E-state index is 12.6. The topological polar surface area (TPSA) is 0 Å². The molecular formula is C14H29F. The summed E-state index contributed by atoms with van der Waals surface area (Å²) in [5, 5.41) is 0. The number of unbranched alkanes of at least 4 members (excludes halogenated alkanes) is 1. The van der Waals surface area contributed by atoms with Gasteiger partial charge in [-0.25, -0.2) is 4.39 Å². The third kappa shape index (κ3) is 6.92.